The highest BCUT2D eigenvalue weighted by Crippen LogP contribution is 2.42. The first-order valence-corrected chi connectivity index (χ1v) is 8.85. The van der Waals surface area contributed by atoms with E-state index in [-0.39, 0.29) is 32.5 Å². The molecule has 0 bridgehead atoms. The van der Waals surface area contributed by atoms with Crippen molar-refractivity contribution in [3.63, 3.8) is 0 Å². The minimum atomic E-state index is -1.97. The van der Waals surface area contributed by atoms with Gasteiger partial charge in [-0.05, 0) is 12.1 Å². The van der Waals surface area contributed by atoms with Gasteiger partial charge >= 0.3 is 0 Å². The fourth-order valence-corrected chi connectivity index (χ4v) is 2.58. The average Bonchev–Trinajstić information content (AvgIpc) is 2.40. The highest BCUT2D eigenvalue weighted by atomic mass is 35.6. The molecule has 0 amide bonds. The number of halogens is 9. The monoisotopic (exact) mass is 491 g/mol. The summed E-state index contributed by atoms with van der Waals surface area (Å²) in [7, 11) is 0. The van der Waals surface area contributed by atoms with Gasteiger partial charge in [-0.2, -0.15) is 0 Å². The number of benzene rings is 1. The first kappa shape index (κ1) is 20.2. The smallest absolute Gasteiger partial charge is 0.209 e. The second-order valence-corrected chi connectivity index (χ2v) is 9.83. The first-order chi connectivity index (χ1) is 10.4. The molecule has 2 rings (SSSR count). The molecule has 3 nitrogen and oxygen atoms in total. The summed E-state index contributed by atoms with van der Waals surface area (Å²) in [5.74, 6) is -0.474. The summed E-state index contributed by atoms with van der Waals surface area (Å²) in [6.07, 6.45) is 0. The lowest BCUT2D eigenvalue weighted by atomic mass is 10.2. The maximum absolute atomic E-state index is 6.13. The van der Waals surface area contributed by atoms with Crippen LogP contribution in [0.2, 0.25) is 15.1 Å². The third kappa shape index (κ3) is 4.93. The van der Waals surface area contributed by atoms with Crippen LogP contribution in [0.25, 0.3) is 11.4 Å². The largest absolute Gasteiger partial charge is 0.250 e. The van der Waals surface area contributed by atoms with Crippen LogP contribution in [0.3, 0.4) is 0 Å². The van der Waals surface area contributed by atoms with Crippen molar-refractivity contribution in [1.29, 1.82) is 0 Å². The van der Waals surface area contributed by atoms with E-state index in [2.05, 4.69) is 15.0 Å². The third-order valence-corrected chi connectivity index (χ3v) is 4.44. The fraction of sp³-hybridized carbons (Fsp3) is 0.182. The molecule has 0 fully saturated rings. The fourth-order valence-electron chi connectivity index (χ4n) is 1.44. The van der Waals surface area contributed by atoms with Crippen LogP contribution in [0, 0.1) is 0 Å². The zero-order chi connectivity index (χ0) is 17.6. The van der Waals surface area contributed by atoms with Crippen molar-refractivity contribution in [3.05, 3.63) is 38.8 Å². The number of aromatic nitrogens is 3. The Morgan fingerprint density at radius 1 is 0.609 bits per heavy atom. The Labute approximate surface area is 176 Å². The van der Waals surface area contributed by atoms with Crippen molar-refractivity contribution < 1.29 is 0 Å². The maximum atomic E-state index is 6.13. The van der Waals surface area contributed by atoms with E-state index in [1.54, 1.807) is 0 Å². The number of alkyl halides is 6. The lowest BCUT2D eigenvalue weighted by molar-refractivity contribution is 0.851. The van der Waals surface area contributed by atoms with Gasteiger partial charge in [0, 0.05) is 5.56 Å². The summed E-state index contributed by atoms with van der Waals surface area (Å²) in [6, 6.07) is 2.85. The van der Waals surface area contributed by atoms with Gasteiger partial charge in [0.15, 0.2) is 17.5 Å². The summed E-state index contributed by atoms with van der Waals surface area (Å²) in [5, 5.41) is 0.672. The Bertz CT molecular complexity index is 719. The molecule has 0 N–H and O–H groups in total. The zero-order valence-electron chi connectivity index (χ0n) is 10.4. The van der Waals surface area contributed by atoms with Crippen molar-refractivity contribution in [2.75, 3.05) is 0 Å². The molecule has 2 aromatic rings. The molecular weight excluding hydrogens is 493 g/mol. The minimum absolute atomic E-state index is 0.00576. The molecule has 0 atom stereocenters. The Kier molecular flexibility index (Phi) is 6.33. The molecule has 0 spiro atoms. The summed E-state index contributed by atoms with van der Waals surface area (Å²) < 4.78 is -3.93. The molecule has 124 valence electrons. The van der Waals surface area contributed by atoms with E-state index in [0.717, 1.165) is 0 Å². The predicted molar refractivity (Wildman–Crippen MR) is 98.8 cm³/mol. The van der Waals surface area contributed by atoms with E-state index in [9.17, 15) is 0 Å². The number of nitrogens with zero attached hydrogens (tertiary/aromatic N) is 3. The van der Waals surface area contributed by atoms with Gasteiger partial charge in [0.25, 0.3) is 0 Å². The summed E-state index contributed by atoms with van der Waals surface area (Å²) in [5.41, 5.74) is 0.300. The lowest BCUT2D eigenvalue weighted by Gasteiger charge is -2.16. The molecule has 0 saturated heterocycles. The van der Waals surface area contributed by atoms with E-state index >= 15 is 0 Å². The number of hydrogen-bond acceptors (Lipinski definition) is 3. The molecule has 0 saturated carbocycles. The molecule has 0 radical (unpaired) electrons. The van der Waals surface area contributed by atoms with Crippen LogP contribution in [0.4, 0.5) is 0 Å². The van der Waals surface area contributed by atoms with E-state index in [0.29, 0.717) is 5.56 Å². The van der Waals surface area contributed by atoms with Crippen molar-refractivity contribution in [3.8, 4) is 11.4 Å². The Morgan fingerprint density at radius 3 is 1.48 bits per heavy atom. The summed E-state index contributed by atoms with van der Waals surface area (Å²) in [6.45, 7) is 0. The third-order valence-electron chi connectivity index (χ3n) is 2.39. The first-order valence-electron chi connectivity index (χ1n) is 5.45. The van der Waals surface area contributed by atoms with Gasteiger partial charge in [0.05, 0.1) is 15.1 Å². The van der Waals surface area contributed by atoms with E-state index in [4.69, 9.17) is 104 Å². The average molecular weight is 495 g/mol. The maximum Gasteiger partial charge on any atom is 0.250 e. The van der Waals surface area contributed by atoms with Gasteiger partial charge in [-0.3, -0.25) is 0 Å². The standard InChI is InChI=1S/C11H2Cl9N3/c12-4-2-6(14)5(13)1-3(4)7-21-8(10(15,16)17)23-9(22-7)11(18,19)20/h1-2H. The number of rotatable bonds is 1. The molecule has 1 aromatic carbocycles. The molecule has 12 heteroatoms. The highest BCUT2D eigenvalue weighted by molar-refractivity contribution is 6.67. The molecule has 0 aliphatic carbocycles. The molecule has 1 heterocycles. The lowest BCUT2D eigenvalue weighted by Crippen LogP contribution is -2.16. The Hall–Kier alpha value is 0.840. The molecule has 1 aromatic heterocycles. The quantitative estimate of drug-likeness (QED) is 0.312. The Morgan fingerprint density at radius 2 is 1.04 bits per heavy atom. The second-order valence-electron chi connectivity index (χ2n) is 4.05. The molecule has 0 aliphatic rings. The van der Waals surface area contributed by atoms with Crippen molar-refractivity contribution in [2.24, 2.45) is 0 Å². The van der Waals surface area contributed by atoms with Gasteiger partial charge in [0.1, 0.15) is 0 Å². The van der Waals surface area contributed by atoms with Gasteiger partial charge < -0.3 is 0 Å². The molecular formula is C11H2Cl9N3. The van der Waals surface area contributed by atoms with Crippen LogP contribution in [0.1, 0.15) is 11.6 Å². The van der Waals surface area contributed by atoms with Gasteiger partial charge in [0.2, 0.25) is 7.59 Å². The molecule has 23 heavy (non-hydrogen) atoms. The number of hydrogen-bond donors (Lipinski definition) is 0. The van der Waals surface area contributed by atoms with E-state index in [1.807, 2.05) is 0 Å². The van der Waals surface area contributed by atoms with E-state index < -0.39 is 7.59 Å². The summed E-state index contributed by atoms with van der Waals surface area (Å²) in [4.78, 5) is 11.9. The van der Waals surface area contributed by atoms with Crippen molar-refractivity contribution >= 4 is 104 Å². The van der Waals surface area contributed by atoms with Crippen LogP contribution in [-0.2, 0) is 7.59 Å². The zero-order valence-corrected chi connectivity index (χ0v) is 17.2. The predicted octanol–water partition coefficient (Wildman–Crippen LogP) is 7.15. The van der Waals surface area contributed by atoms with Crippen LogP contribution in [0.15, 0.2) is 12.1 Å². The van der Waals surface area contributed by atoms with Crippen LogP contribution in [0.5, 0.6) is 0 Å². The van der Waals surface area contributed by atoms with Crippen molar-refractivity contribution in [1.82, 2.24) is 15.0 Å². The topological polar surface area (TPSA) is 38.7 Å². The van der Waals surface area contributed by atoms with Gasteiger partial charge in [-0.25, -0.2) is 15.0 Å². The van der Waals surface area contributed by atoms with Crippen molar-refractivity contribution in [2.45, 2.75) is 7.59 Å². The second kappa shape index (κ2) is 7.22. The minimum Gasteiger partial charge on any atom is -0.209 e. The van der Waals surface area contributed by atoms with E-state index in [1.165, 1.54) is 12.1 Å². The normalized spacial score (nSPS) is 12.6. The highest BCUT2D eigenvalue weighted by Gasteiger charge is 2.34. The SMILES string of the molecule is Clc1cc(Cl)c(-c2nc(C(Cl)(Cl)Cl)nc(C(Cl)(Cl)Cl)n2)cc1Cl. The molecule has 0 aliphatic heterocycles. The van der Waals surface area contributed by atoms with Crippen LogP contribution < -0.4 is 0 Å². The van der Waals surface area contributed by atoms with Crippen LogP contribution >= 0.6 is 104 Å². The molecule has 0 unspecified atom stereocenters. The summed E-state index contributed by atoms with van der Waals surface area (Å²) >= 11 is 52.8. The van der Waals surface area contributed by atoms with Gasteiger partial charge in [-0.15, -0.1) is 0 Å². The van der Waals surface area contributed by atoms with Gasteiger partial charge in [-0.1, -0.05) is 104 Å². The van der Waals surface area contributed by atoms with Crippen LogP contribution in [-0.4, -0.2) is 15.0 Å². The Balaban J connectivity index is 2.74.